The van der Waals surface area contributed by atoms with Crippen molar-refractivity contribution in [2.24, 2.45) is 0 Å². The number of hydrogen-bond acceptors (Lipinski definition) is 1. The number of rotatable bonds is 2. The lowest BCUT2D eigenvalue weighted by Gasteiger charge is -2.34. The van der Waals surface area contributed by atoms with Crippen molar-refractivity contribution in [3.8, 4) is 0 Å². The molecule has 3 heteroatoms. The first kappa shape index (κ1) is 16.8. The summed E-state index contributed by atoms with van der Waals surface area (Å²) >= 11 is 0. The van der Waals surface area contributed by atoms with E-state index in [1.165, 1.54) is 39.0 Å². The molecule has 2 heterocycles. The van der Waals surface area contributed by atoms with E-state index >= 15 is 0 Å². The Morgan fingerprint density at radius 2 is 1.79 bits per heavy atom. The minimum Gasteiger partial charge on any atom is -0.264 e. The minimum absolute atomic E-state index is 0.726. The van der Waals surface area contributed by atoms with Crippen molar-refractivity contribution in [1.82, 2.24) is 9.47 Å². The first-order chi connectivity index (χ1) is 13.6. The number of aryl methyl sites for hydroxylation is 1. The van der Waals surface area contributed by atoms with Crippen LogP contribution in [-0.4, -0.2) is 29.5 Å². The molecule has 0 radical (unpaired) electrons. The maximum Gasteiger partial charge on any atom is 0.285 e. The van der Waals surface area contributed by atoms with E-state index in [2.05, 4.69) is 103 Å². The highest BCUT2D eigenvalue weighted by Gasteiger charge is 2.40. The number of para-hydroxylation sites is 1. The largest absolute Gasteiger partial charge is 0.285 e. The number of aromatic nitrogens is 1. The molecule has 3 aromatic carbocycles. The third kappa shape index (κ3) is 2.63. The third-order valence-electron chi connectivity index (χ3n) is 5.74. The van der Waals surface area contributed by atoms with Crippen LogP contribution in [-0.2, 0) is 0 Å². The van der Waals surface area contributed by atoms with Crippen molar-refractivity contribution >= 4 is 34.0 Å². The summed E-state index contributed by atoms with van der Waals surface area (Å²) in [6, 6.07) is 26.1. The van der Waals surface area contributed by atoms with Crippen LogP contribution in [0.3, 0.4) is 0 Å². The molecule has 0 N–H and O–H groups in total. The molecule has 1 atom stereocenters. The van der Waals surface area contributed by atoms with Crippen LogP contribution in [0.25, 0.3) is 10.8 Å². The number of hydrogen-bond donors (Lipinski definition) is 0. The normalized spacial score (nSPS) is 18.6. The summed E-state index contributed by atoms with van der Waals surface area (Å²) in [5.41, 5.74) is 6.34. The summed E-state index contributed by atoms with van der Waals surface area (Å²) in [5, 5.41) is 2.39. The molecular formula is C25H23N3+2. The van der Waals surface area contributed by atoms with Crippen molar-refractivity contribution in [3.63, 3.8) is 0 Å². The average Bonchev–Trinajstić information content (AvgIpc) is 2.73. The molecule has 3 nitrogen and oxygen atoms in total. The zero-order valence-corrected chi connectivity index (χ0v) is 16.2. The Balaban J connectivity index is 1.76. The van der Waals surface area contributed by atoms with E-state index in [4.69, 9.17) is 0 Å². The predicted octanol–water partition coefficient (Wildman–Crippen LogP) is 5.55. The summed E-state index contributed by atoms with van der Waals surface area (Å²) in [5.74, 6) is 0. The topological polar surface area (TPSA) is 15.9 Å². The van der Waals surface area contributed by atoms with Crippen LogP contribution in [0, 0.1) is 6.92 Å². The molecule has 136 valence electrons. The van der Waals surface area contributed by atoms with Crippen LogP contribution in [0.15, 0.2) is 85.2 Å². The predicted molar refractivity (Wildman–Crippen MR) is 117 cm³/mol. The van der Waals surface area contributed by atoms with E-state index in [0.29, 0.717) is 0 Å². The van der Waals surface area contributed by atoms with Crippen LogP contribution in [0.5, 0.6) is 0 Å². The van der Waals surface area contributed by atoms with Gasteiger partial charge in [-0.2, -0.15) is 0 Å². The number of nitrogens with zero attached hydrogens (tertiary/aromatic N) is 3. The summed E-state index contributed by atoms with van der Waals surface area (Å²) < 4.78 is 3.10. The molecule has 4 aromatic rings. The highest BCUT2D eigenvalue weighted by atomic mass is 15.4. The summed E-state index contributed by atoms with van der Waals surface area (Å²) in [6.07, 6.45) is 6.11. The maximum absolute atomic E-state index is 4.38. The molecule has 0 aliphatic carbocycles. The lowest BCUT2D eigenvalue weighted by molar-refractivity contribution is -0.454. The number of fused-ring (bicyclic) bond motifs is 2. The first-order valence-corrected chi connectivity index (χ1v) is 9.62. The van der Waals surface area contributed by atoms with Crippen LogP contribution >= 0.6 is 0 Å². The van der Waals surface area contributed by atoms with E-state index < -0.39 is 0 Å². The van der Waals surface area contributed by atoms with Crippen LogP contribution in [0.1, 0.15) is 11.1 Å². The van der Waals surface area contributed by atoms with Gasteiger partial charge in [-0.25, -0.2) is 4.48 Å². The molecule has 0 bridgehead atoms. The standard InChI is InChI=1S/C25H23N3/c1-19-11-12-25-21(15-19)17-27(18-28(25,2)22-8-4-3-5-9-22)24-10-6-7-20-13-14-26-16-23(20)24/h3-17H,18H2,1-2H3/q+2. The van der Waals surface area contributed by atoms with Gasteiger partial charge in [0.2, 0.25) is 5.69 Å². The van der Waals surface area contributed by atoms with Gasteiger partial charge in [0, 0.05) is 24.5 Å². The molecule has 0 spiro atoms. The maximum atomic E-state index is 4.38. The average molecular weight is 365 g/mol. The molecule has 1 aliphatic heterocycles. The summed E-state index contributed by atoms with van der Waals surface area (Å²) in [4.78, 5) is 4.38. The quantitative estimate of drug-likeness (QED) is 0.336. The lowest BCUT2D eigenvalue weighted by atomic mass is 10.0. The fourth-order valence-electron chi connectivity index (χ4n) is 4.29. The van der Waals surface area contributed by atoms with Crippen LogP contribution in [0.2, 0.25) is 0 Å². The van der Waals surface area contributed by atoms with Gasteiger partial charge < -0.3 is 0 Å². The molecular weight excluding hydrogens is 342 g/mol. The Kier molecular flexibility index (Phi) is 3.85. The second-order valence-electron chi connectivity index (χ2n) is 7.70. The lowest BCUT2D eigenvalue weighted by Crippen LogP contribution is -2.48. The van der Waals surface area contributed by atoms with Gasteiger partial charge >= 0.3 is 0 Å². The second-order valence-corrected chi connectivity index (χ2v) is 7.70. The summed E-state index contributed by atoms with van der Waals surface area (Å²) in [6.45, 7) is 2.98. The van der Waals surface area contributed by atoms with Gasteiger partial charge in [-0.3, -0.25) is 4.98 Å². The molecule has 28 heavy (non-hydrogen) atoms. The molecule has 0 saturated carbocycles. The van der Waals surface area contributed by atoms with Crippen LogP contribution in [0.4, 0.5) is 17.1 Å². The van der Waals surface area contributed by atoms with Crippen molar-refractivity contribution in [3.05, 3.63) is 96.3 Å². The van der Waals surface area contributed by atoms with Crippen molar-refractivity contribution < 1.29 is 4.58 Å². The molecule has 0 amide bonds. The van der Waals surface area contributed by atoms with Crippen molar-refractivity contribution in [2.45, 2.75) is 6.92 Å². The van der Waals surface area contributed by atoms with Gasteiger partial charge in [0.1, 0.15) is 11.3 Å². The molecule has 1 unspecified atom stereocenters. The van der Waals surface area contributed by atoms with Crippen molar-refractivity contribution in [2.75, 3.05) is 13.7 Å². The summed E-state index contributed by atoms with van der Waals surface area (Å²) in [7, 11) is 2.30. The van der Waals surface area contributed by atoms with Crippen molar-refractivity contribution in [1.29, 1.82) is 0 Å². The Morgan fingerprint density at radius 1 is 0.929 bits per heavy atom. The van der Waals surface area contributed by atoms with Gasteiger partial charge in [-0.05, 0) is 42.1 Å². The fourth-order valence-corrected chi connectivity index (χ4v) is 4.29. The zero-order chi connectivity index (χ0) is 19.1. The Morgan fingerprint density at radius 3 is 2.64 bits per heavy atom. The molecule has 0 saturated heterocycles. The van der Waals surface area contributed by atoms with E-state index in [1.807, 2.05) is 12.4 Å². The Hall–Kier alpha value is -3.30. The highest BCUT2D eigenvalue weighted by Crippen LogP contribution is 2.39. The SMILES string of the molecule is Cc1ccc2c(c1)C=[N+](c1cccc3ccncc13)C[N+]2(C)c1ccccc1. The molecule has 1 aliphatic rings. The van der Waals surface area contributed by atoms with Gasteiger partial charge in [0.25, 0.3) is 6.67 Å². The Bertz CT molecular complexity index is 1210. The first-order valence-electron chi connectivity index (χ1n) is 9.62. The monoisotopic (exact) mass is 365 g/mol. The minimum atomic E-state index is 0.726. The van der Waals surface area contributed by atoms with Gasteiger partial charge in [0.15, 0.2) is 11.9 Å². The van der Waals surface area contributed by atoms with E-state index in [-0.39, 0.29) is 0 Å². The highest BCUT2D eigenvalue weighted by molar-refractivity contribution is 5.93. The van der Waals surface area contributed by atoms with E-state index in [1.54, 1.807) is 0 Å². The molecule has 1 aromatic heterocycles. The molecule has 0 fully saturated rings. The van der Waals surface area contributed by atoms with Gasteiger partial charge in [0.05, 0.1) is 12.4 Å². The van der Waals surface area contributed by atoms with Gasteiger partial charge in [-0.1, -0.05) is 36.4 Å². The zero-order valence-electron chi connectivity index (χ0n) is 16.2. The number of benzene rings is 3. The number of pyridine rings is 1. The van der Waals surface area contributed by atoms with E-state index in [9.17, 15) is 0 Å². The molecule has 5 rings (SSSR count). The fraction of sp³-hybridized carbons (Fsp3) is 0.120. The second kappa shape index (κ2) is 6.39. The van der Waals surface area contributed by atoms with Crippen LogP contribution < -0.4 is 4.48 Å². The third-order valence-corrected chi connectivity index (χ3v) is 5.74. The Labute approximate surface area is 165 Å². The number of quaternary nitrogens is 1. The van der Waals surface area contributed by atoms with Gasteiger partial charge in [-0.15, -0.1) is 4.58 Å². The van der Waals surface area contributed by atoms with E-state index in [0.717, 1.165) is 11.2 Å². The smallest absolute Gasteiger partial charge is 0.264 e.